The molecule has 1 heterocycles. The van der Waals surface area contributed by atoms with Crippen molar-refractivity contribution in [1.29, 1.82) is 0 Å². The van der Waals surface area contributed by atoms with E-state index in [4.69, 9.17) is 4.74 Å². The van der Waals surface area contributed by atoms with Gasteiger partial charge in [-0.15, -0.1) is 0 Å². The Morgan fingerprint density at radius 3 is 2.74 bits per heavy atom. The summed E-state index contributed by atoms with van der Waals surface area (Å²) in [6.45, 7) is 5.35. The summed E-state index contributed by atoms with van der Waals surface area (Å²) < 4.78 is 5.22. The lowest BCUT2D eigenvalue weighted by molar-refractivity contribution is -0.385. The van der Waals surface area contributed by atoms with Crippen LogP contribution in [0.4, 0.5) is 5.69 Å². The molecule has 0 saturated carbocycles. The number of ketones is 1. The summed E-state index contributed by atoms with van der Waals surface area (Å²) in [7, 11) is 0. The number of dihydropyridines is 1. The first-order valence-corrected chi connectivity index (χ1v) is 9.01. The molecule has 7 heteroatoms. The van der Waals surface area contributed by atoms with Crippen molar-refractivity contribution in [3.63, 3.8) is 0 Å². The van der Waals surface area contributed by atoms with Crippen molar-refractivity contribution in [1.82, 2.24) is 5.32 Å². The smallest absolute Gasteiger partial charge is 0.336 e. The Hall–Kier alpha value is -2.96. The van der Waals surface area contributed by atoms with Crippen LogP contribution in [0.3, 0.4) is 0 Å². The number of nitro groups is 1. The molecule has 0 saturated heterocycles. The average molecular weight is 370 g/mol. The number of carbonyl (C=O) groups excluding carboxylic acids is 2. The number of rotatable bonds is 4. The summed E-state index contributed by atoms with van der Waals surface area (Å²) in [4.78, 5) is 36.3. The van der Waals surface area contributed by atoms with Crippen LogP contribution < -0.4 is 5.32 Å². The lowest BCUT2D eigenvalue weighted by Gasteiger charge is -2.34. The van der Waals surface area contributed by atoms with Crippen molar-refractivity contribution < 1.29 is 19.2 Å². The third kappa shape index (κ3) is 3.37. The highest BCUT2D eigenvalue weighted by atomic mass is 16.6. The van der Waals surface area contributed by atoms with E-state index in [1.54, 1.807) is 32.9 Å². The molecule has 1 N–H and O–H groups in total. The van der Waals surface area contributed by atoms with Crippen molar-refractivity contribution in [2.75, 3.05) is 6.61 Å². The second-order valence-corrected chi connectivity index (χ2v) is 6.79. The van der Waals surface area contributed by atoms with Crippen molar-refractivity contribution in [2.24, 2.45) is 0 Å². The zero-order valence-electron chi connectivity index (χ0n) is 15.6. The summed E-state index contributed by atoms with van der Waals surface area (Å²) in [5.41, 5.74) is 3.33. The van der Waals surface area contributed by atoms with Gasteiger partial charge in [0, 0.05) is 40.9 Å². The molecule has 1 unspecified atom stereocenters. The topological polar surface area (TPSA) is 98.5 Å². The van der Waals surface area contributed by atoms with Crippen LogP contribution in [0.15, 0.2) is 40.7 Å². The average Bonchev–Trinajstić information content (AvgIpc) is 2.61. The lowest BCUT2D eigenvalue weighted by Crippen LogP contribution is -2.34. The van der Waals surface area contributed by atoms with Crippen molar-refractivity contribution in [2.45, 2.75) is 46.0 Å². The van der Waals surface area contributed by atoms with Crippen LogP contribution in [0.1, 0.15) is 50.2 Å². The summed E-state index contributed by atoms with van der Waals surface area (Å²) in [6, 6.07) is 4.86. The van der Waals surface area contributed by atoms with Gasteiger partial charge in [0.1, 0.15) is 0 Å². The molecule has 1 aliphatic carbocycles. The monoisotopic (exact) mass is 370 g/mol. The molecule has 142 valence electrons. The first-order valence-electron chi connectivity index (χ1n) is 9.01. The Bertz CT molecular complexity index is 898. The molecule has 0 fully saturated rings. The first kappa shape index (κ1) is 18.8. The molecule has 1 aliphatic heterocycles. The maximum atomic E-state index is 12.7. The van der Waals surface area contributed by atoms with Gasteiger partial charge in [-0.2, -0.15) is 0 Å². The summed E-state index contributed by atoms with van der Waals surface area (Å²) in [5, 5.41) is 14.6. The van der Waals surface area contributed by atoms with E-state index in [0.717, 1.165) is 12.1 Å². The number of nitrogens with one attached hydrogen (secondary N) is 1. The zero-order valence-corrected chi connectivity index (χ0v) is 15.6. The number of hydrogen-bond donors (Lipinski definition) is 1. The van der Waals surface area contributed by atoms with Gasteiger partial charge < -0.3 is 10.1 Å². The van der Waals surface area contributed by atoms with E-state index in [1.807, 2.05) is 0 Å². The predicted molar refractivity (Wildman–Crippen MR) is 98.9 cm³/mol. The molecule has 3 rings (SSSR count). The van der Waals surface area contributed by atoms with Gasteiger partial charge in [-0.25, -0.2) is 4.79 Å². The Labute approximate surface area is 157 Å². The van der Waals surface area contributed by atoms with Crippen molar-refractivity contribution in [3.05, 3.63) is 62.0 Å². The van der Waals surface area contributed by atoms with Gasteiger partial charge in [0.05, 0.1) is 17.1 Å². The van der Waals surface area contributed by atoms with E-state index in [0.29, 0.717) is 40.8 Å². The largest absolute Gasteiger partial charge is 0.463 e. The van der Waals surface area contributed by atoms with Crippen LogP contribution in [0.5, 0.6) is 0 Å². The number of benzene rings is 1. The highest BCUT2D eigenvalue weighted by Gasteiger charge is 2.39. The summed E-state index contributed by atoms with van der Waals surface area (Å²) in [6.07, 6.45) is 1.85. The molecule has 27 heavy (non-hydrogen) atoms. The molecule has 0 bridgehead atoms. The van der Waals surface area contributed by atoms with E-state index < -0.39 is 16.8 Å². The number of nitro benzene ring substituents is 1. The van der Waals surface area contributed by atoms with E-state index in [9.17, 15) is 19.7 Å². The zero-order chi connectivity index (χ0) is 19.7. The maximum absolute atomic E-state index is 12.7. The number of hydrogen-bond acceptors (Lipinski definition) is 6. The van der Waals surface area contributed by atoms with Gasteiger partial charge in [0.2, 0.25) is 0 Å². The van der Waals surface area contributed by atoms with Crippen LogP contribution in [0.25, 0.3) is 0 Å². The number of aryl methyl sites for hydroxylation is 1. The molecular weight excluding hydrogens is 348 g/mol. The first-order chi connectivity index (χ1) is 12.8. The number of ether oxygens (including phenoxy) is 1. The highest BCUT2D eigenvalue weighted by molar-refractivity contribution is 6.03. The molecule has 1 aromatic carbocycles. The SMILES string of the molecule is CCOC(=O)C1=C(C)NC2=C(C(=O)CCC2)C1c1ccc(C)c([N+](=O)[O-])c1. The van der Waals surface area contributed by atoms with Crippen molar-refractivity contribution in [3.8, 4) is 0 Å². The highest BCUT2D eigenvalue weighted by Crippen LogP contribution is 2.43. The molecule has 1 aromatic rings. The fraction of sp³-hybridized carbons (Fsp3) is 0.400. The van der Waals surface area contributed by atoms with Crippen LogP contribution in [0.2, 0.25) is 0 Å². The number of nitrogens with zero attached hydrogens (tertiary/aromatic N) is 1. The minimum atomic E-state index is -0.660. The van der Waals surface area contributed by atoms with E-state index in [2.05, 4.69) is 5.32 Å². The third-order valence-corrected chi connectivity index (χ3v) is 5.03. The van der Waals surface area contributed by atoms with Gasteiger partial charge in [-0.3, -0.25) is 14.9 Å². The molecule has 7 nitrogen and oxygen atoms in total. The van der Waals surface area contributed by atoms with Crippen LogP contribution >= 0.6 is 0 Å². The minimum Gasteiger partial charge on any atom is -0.463 e. The van der Waals surface area contributed by atoms with Gasteiger partial charge in [-0.1, -0.05) is 12.1 Å². The maximum Gasteiger partial charge on any atom is 0.336 e. The molecule has 0 aromatic heterocycles. The Morgan fingerprint density at radius 1 is 1.33 bits per heavy atom. The molecule has 0 amide bonds. The second-order valence-electron chi connectivity index (χ2n) is 6.79. The molecule has 2 aliphatic rings. The number of Topliss-reactive ketones (excluding diaryl/α,β-unsaturated/α-hetero) is 1. The number of esters is 1. The van der Waals surface area contributed by atoms with Gasteiger partial charge in [0.15, 0.2) is 5.78 Å². The third-order valence-electron chi connectivity index (χ3n) is 5.03. The quantitative estimate of drug-likeness (QED) is 0.495. The lowest BCUT2D eigenvalue weighted by atomic mass is 9.75. The fourth-order valence-electron chi connectivity index (χ4n) is 3.80. The molecular formula is C20H22N2O5. The summed E-state index contributed by atoms with van der Waals surface area (Å²) in [5.74, 6) is -1.21. The second kappa shape index (κ2) is 7.34. The number of carbonyl (C=O) groups is 2. The van der Waals surface area contributed by atoms with E-state index >= 15 is 0 Å². The van der Waals surface area contributed by atoms with E-state index in [-0.39, 0.29) is 18.1 Å². The molecule has 0 radical (unpaired) electrons. The molecule has 1 atom stereocenters. The van der Waals surface area contributed by atoms with Gasteiger partial charge in [0.25, 0.3) is 5.69 Å². The Morgan fingerprint density at radius 2 is 2.07 bits per heavy atom. The van der Waals surface area contributed by atoms with Crippen LogP contribution in [-0.2, 0) is 14.3 Å². The van der Waals surface area contributed by atoms with Gasteiger partial charge in [-0.05, 0) is 39.2 Å². The normalized spacial score (nSPS) is 19.5. The predicted octanol–water partition coefficient (Wildman–Crippen LogP) is 3.43. The Balaban J connectivity index is 2.21. The summed E-state index contributed by atoms with van der Waals surface area (Å²) >= 11 is 0. The number of allylic oxidation sites excluding steroid dienone is 3. The van der Waals surface area contributed by atoms with E-state index in [1.165, 1.54) is 6.07 Å². The van der Waals surface area contributed by atoms with Crippen LogP contribution in [0, 0.1) is 17.0 Å². The standard InChI is InChI=1S/C20H22N2O5/c1-4-27-20(24)17-12(3)21-14-6-5-7-16(23)19(14)18(17)13-9-8-11(2)15(10-13)22(25)26/h8-10,18,21H,4-7H2,1-3H3. The fourth-order valence-corrected chi connectivity index (χ4v) is 3.80. The van der Waals surface area contributed by atoms with Crippen LogP contribution in [-0.4, -0.2) is 23.3 Å². The Kier molecular flexibility index (Phi) is 5.12. The van der Waals surface area contributed by atoms with Crippen molar-refractivity contribution >= 4 is 17.4 Å². The van der Waals surface area contributed by atoms with Gasteiger partial charge >= 0.3 is 5.97 Å². The molecule has 0 spiro atoms. The minimum absolute atomic E-state index is 0.0303.